The number of hydrazine groups is 1. The van der Waals surface area contributed by atoms with Crippen molar-refractivity contribution in [3.8, 4) is 6.07 Å². The summed E-state index contributed by atoms with van der Waals surface area (Å²) in [5.74, 6) is 0.891. The summed E-state index contributed by atoms with van der Waals surface area (Å²) in [6.07, 6.45) is 1.49. The van der Waals surface area contributed by atoms with Gasteiger partial charge in [-0.15, -0.1) is 0 Å². The van der Waals surface area contributed by atoms with Crippen molar-refractivity contribution >= 4 is 27.7 Å². The molecule has 1 amide bonds. The molecule has 0 bridgehead atoms. The van der Waals surface area contributed by atoms with Crippen LogP contribution in [0.15, 0.2) is 21.3 Å². The van der Waals surface area contributed by atoms with Gasteiger partial charge >= 0.3 is 0 Å². The van der Waals surface area contributed by atoms with E-state index >= 15 is 0 Å². The van der Waals surface area contributed by atoms with Gasteiger partial charge in [0.25, 0.3) is 5.91 Å². The third-order valence-electron chi connectivity index (χ3n) is 4.63. The lowest BCUT2D eigenvalue weighted by molar-refractivity contribution is 0.0937. The van der Waals surface area contributed by atoms with Crippen LogP contribution in [0.25, 0.3) is 0 Å². The number of likely N-dealkylation sites (N-methyl/N-ethyl adjacent to an activating group) is 1. The van der Waals surface area contributed by atoms with Crippen molar-refractivity contribution in [1.29, 1.82) is 5.26 Å². The zero-order valence-corrected chi connectivity index (χ0v) is 18.9. The second-order valence-corrected chi connectivity index (χ2v) is 8.53. The normalized spacial score (nSPS) is 15.2. The van der Waals surface area contributed by atoms with Gasteiger partial charge in [0.15, 0.2) is 17.3 Å². The van der Waals surface area contributed by atoms with Gasteiger partial charge in [0.1, 0.15) is 6.07 Å². The maximum atomic E-state index is 12.8. The molecule has 160 valence electrons. The van der Waals surface area contributed by atoms with Crippen LogP contribution in [0.5, 0.6) is 0 Å². The van der Waals surface area contributed by atoms with Gasteiger partial charge in [-0.25, -0.2) is 4.98 Å². The monoisotopic (exact) mass is 476 g/mol. The summed E-state index contributed by atoms with van der Waals surface area (Å²) in [6, 6.07) is 3.58. The van der Waals surface area contributed by atoms with Gasteiger partial charge in [0.2, 0.25) is 5.82 Å². The van der Waals surface area contributed by atoms with Gasteiger partial charge < -0.3 is 9.42 Å². The van der Waals surface area contributed by atoms with Gasteiger partial charge in [-0.2, -0.15) is 10.2 Å². The van der Waals surface area contributed by atoms with Gasteiger partial charge in [-0.1, -0.05) is 19.0 Å². The van der Waals surface area contributed by atoms with Crippen molar-refractivity contribution in [2.45, 2.75) is 20.4 Å². The number of nitrogens with zero attached hydrogens (tertiary/aromatic N) is 7. The van der Waals surface area contributed by atoms with E-state index in [4.69, 9.17) is 9.78 Å². The van der Waals surface area contributed by atoms with Crippen molar-refractivity contribution in [3.05, 3.63) is 34.0 Å². The van der Waals surface area contributed by atoms with Crippen LogP contribution in [0.4, 0.5) is 5.82 Å². The number of anilines is 1. The van der Waals surface area contributed by atoms with Gasteiger partial charge in [0.05, 0.1) is 11.0 Å². The number of halogens is 1. The molecular weight excluding hydrogens is 452 g/mol. The third-order valence-corrected chi connectivity index (χ3v) is 5.19. The summed E-state index contributed by atoms with van der Waals surface area (Å²) in [7, 11) is 2.10. The molecule has 0 atom stereocenters. The van der Waals surface area contributed by atoms with Crippen molar-refractivity contribution in [2.75, 3.05) is 44.8 Å². The Balaban J connectivity index is 1.70. The third kappa shape index (κ3) is 5.75. The van der Waals surface area contributed by atoms with E-state index in [0.29, 0.717) is 29.1 Å². The zero-order valence-electron chi connectivity index (χ0n) is 17.3. The molecule has 0 aromatic carbocycles. The van der Waals surface area contributed by atoms with Crippen LogP contribution in [0.3, 0.4) is 0 Å². The lowest BCUT2D eigenvalue weighted by Crippen LogP contribution is -2.45. The number of rotatable bonds is 7. The predicted molar refractivity (Wildman–Crippen MR) is 113 cm³/mol. The number of carbonyl (C=O) groups excluding carboxylic acids is 1. The van der Waals surface area contributed by atoms with Crippen molar-refractivity contribution in [2.24, 2.45) is 5.92 Å². The number of hydrogen-bond donors (Lipinski definition) is 1. The zero-order chi connectivity index (χ0) is 21.7. The fourth-order valence-corrected chi connectivity index (χ4v) is 3.46. The summed E-state index contributed by atoms with van der Waals surface area (Å²) in [5.41, 5.74) is 3.01. The minimum absolute atomic E-state index is 0.0205. The minimum Gasteiger partial charge on any atom is -0.359 e. The predicted octanol–water partition coefficient (Wildman–Crippen LogP) is 1.65. The first-order valence-electron chi connectivity index (χ1n) is 9.73. The SMILES string of the molecule is CC(C)CN(NC(=O)c1cc(CN2CCN(C)CC2)on1)c1nc(C#N)ncc1Br. The quantitative estimate of drug-likeness (QED) is 0.595. The molecule has 3 heterocycles. The van der Waals surface area contributed by atoms with E-state index in [1.54, 1.807) is 11.1 Å². The molecule has 0 unspecified atom stereocenters. The van der Waals surface area contributed by atoms with Gasteiger partial charge in [0, 0.05) is 45.0 Å². The molecule has 0 spiro atoms. The number of nitrogens with one attached hydrogen (secondary N) is 1. The molecule has 0 radical (unpaired) electrons. The van der Waals surface area contributed by atoms with Crippen LogP contribution >= 0.6 is 15.9 Å². The fourth-order valence-electron chi connectivity index (χ4n) is 3.05. The minimum atomic E-state index is -0.409. The molecule has 2 aromatic rings. The number of amides is 1. The number of aromatic nitrogens is 3. The molecule has 0 saturated carbocycles. The highest BCUT2D eigenvalue weighted by Crippen LogP contribution is 2.23. The maximum absolute atomic E-state index is 12.8. The van der Waals surface area contributed by atoms with Crippen LogP contribution in [0, 0.1) is 17.2 Å². The van der Waals surface area contributed by atoms with E-state index in [1.807, 2.05) is 19.9 Å². The standard InChI is InChI=1S/C19H25BrN8O2/c1-13(2)11-28(18-15(20)10-22-17(9-21)23-18)24-19(29)16-8-14(30-25-16)12-27-6-4-26(3)5-7-27/h8,10,13H,4-7,11-12H2,1-3H3,(H,24,29). The fraction of sp³-hybridized carbons (Fsp3) is 0.526. The molecule has 11 heteroatoms. The van der Waals surface area contributed by atoms with Crippen LogP contribution in [0.1, 0.15) is 35.9 Å². The molecule has 3 rings (SSSR count). The smallest absolute Gasteiger partial charge is 0.292 e. The summed E-state index contributed by atoms with van der Waals surface area (Å²) >= 11 is 3.39. The Kier molecular flexibility index (Phi) is 7.36. The topological polar surface area (TPSA) is 114 Å². The molecule has 0 aliphatic carbocycles. The maximum Gasteiger partial charge on any atom is 0.292 e. The van der Waals surface area contributed by atoms with E-state index < -0.39 is 5.91 Å². The van der Waals surface area contributed by atoms with Crippen LogP contribution in [0.2, 0.25) is 0 Å². The molecular formula is C19H25BrN8O2. The summed E-state index contributed by atoms with van der Waals surface area (Å²) < 4.78 is 5.95. The number of nitriles is 1. The van der Waals surface area contributed by atoms with E-state index in [9.17, 15) is 4.79 Å². The first-order valence-corrected chi connectivity index (χ1v) is 10.5. The highest BCUT2D eigenvalue weighted by atomic mass is 79.9. The molecule has 2 aromatic heterocycles. The van der Waals surface area contributed by atoms with Gasteiger partial charge in [-0.3, -0.25) is 20.1 Å². The summed E-state index contributed by atoms with van der Waals surface area (Å²) in [4.78, 5) is 25.5. The lowest BCUT2D eigenvalue weighted by Gasteiger charge is -2.31. The molecule has 10 nitrogen and oxygen atoms in total. The second-order valence-electron chi connectivity index (χ2n) is 7.68. The molecule has 1 saturated heterocycles. The Morgan fingerprint density at radius 2 is 2.13 bits per heavy atom. The van der Waals surface area contributed by atoms with E-state index in [-0.39, 0.29) is 17.4 Å². The highest BCUT2D eigenvalue weighted by molar-refractivity contribution is 9.10. The van der Waals surface area contributed by atoms with Crippen LogP contribution < -0.4 is 10.4 Å². The van der Waals surface area contributed by atoms with Crippen LogP contribution in [-0.4, -0.2) is 70.6 Å². The van der Waals surface area contributed by atoms with Crippen molar-refractivity contribution < 1.29 is 9.32 Å². The Morgan fingerprint density at radius 3 is 2.80 bits per heavy atom. The Hall–Kier alpha value is -2.55. The number of piperazine rings is 1. The first-order chi connectivity index (χ1) is 14.4. The van der Waals surface area contributed by atoms with Crippen molar-refractivity contribution in [1.82, 2.24) is 30.4 Å². The Labute approximate surface area is 183 Å². The van der Waals surface area contributed by atoms with E-state index in [2.05, 4.69) is 53.3 Å². The van der Waals surface area contributed by atoms with Gasteiger partial charge in [-0.05, 0) is 28.9 Å². The van der Waals surface area contributed by atoms with Crippen molar-refractivity contribution in [3.63, 3.8) is 0 Å². The van der Waals surface area contributed by atoms with E-state index in [1.165, 1.54) is 6.20 Å². The molecule has 1 fully saturated rings. The summed E-state index contributed by atoms with van der Waals surface area (Å²) in [6.45, 7) is 9.04. The average molecular weight is 477 g/mol. The second kappa shape index (κ2) is 9.97. The lowest BCUT2D eigenvalue weighted by atomic mass is 10.2. The highest BCUT2D eigenvalue weighted by Gasteiger charge is 2.22. The molecule has 1 N–H and O–H groups in total. The van der Waals surface area contributed by atoms with E-state index in [0.717, 1.165) is 26.2 Å². The molecule has 1 aliphatic heterocycles. The summed E-state index contributed by atoms with van der Waals surface area (Å²) in [5, 5.41) is 14.6. The van der Waals surface area contributed by atoms with Crippen LogP contribution in [-0.2, 0) is 6.54 Å². The Bertz CT molecular complexity index is 917. The number of hydrogen-bond acceptors (Lipinski definition) is 9. The number of carbonyl (C=O) groups is 1. The average Bonchev–Trinajstić information content (AvgIpc) is 3.18. The largest absolute Gasteiger partial charge is 0.359 e. The first kappa shape index (κ1) is 22.1. The Morgan fingerprint density at radius 1 is 1.40 bits per heavy atom. The molecule has 1 aliphatic rings. The molecule has 30 heavy (non-hydrogen) atoms.